The molecule has 3 aliphatic heterocycles. The fraction of sp³-hybridized carbons (Fsp3) is 0.585. The highest BCUT2D eigenvalue weighted by atomic mass is 35.5. The van der Waals surface area contributed by atoms with Crippen molar-refractivity contribution in [1.29, 1.82) is 0 Å². The monoisotopic (exact) mass is 1810 g/mol. The van der Waals surface area contributed by atoms with Crippen LogP contribution in [0.25, 0.3) is 22.0 Å². The molecule has 2 fully saturated rings. The number of allylic oxidation sites excluding steroid dienone is 3. The van der Waals surface area contributed by atoms with Crippen molar-refractivity contribution in [2.75, 3.05) is 92.6 Å². The molecule has 126 heavy (non-hydrogen) atoms. The van der Waals surface area contributed by atoms with Crippen LogP contribution in [0.4, 0.5) is 15.3 Å². The van der Waals surface area contributed by atoms with Gasteiger partial charge in [-0.05, 0) is 184 Å². The summed E-state index contributed by atoms with van der Waals surface area (Å²) in [5.41, 5.74) is 5.63. The van der Waals surface area contributed by atoms with Crippen molar-refractivity contribution in [2.45, 2.75) is 262 Å². The number of halogens is 1. The molecule has 4 aliphatic rings. The number of fused-ring (bicyclic) bond motifs is 9. The minimum Gasteiger partial charge on any atom is -0.457 e. The van der Waals surface area contributed by atoms with Gasteiger partial charge in [-0.2, -0.15) is 0 Å². The molecule has 32 heteroatoms. The molecule has 0 saturated carbocycles. The summed E-state index contributed by atoms with van der Waals surface area (Å²) < 4.78 is 32.4. The molecule has 5 aromatic rings. The molecule has 692 valence electrons. The number of ether oxygens (including phenoxy) is 5. The highest BCUT2D eigenvalue weighted by Crippen LogP contribution is 2.51. The molecule has 9 rings (SSSR count). The van der Waals surface area contributed by atoms with Crippen LogP contribution in [0.5, 0.6) is 0 Å². The zero-order valence-electron chi connectivity index (χ0n) is 78.2. The summed E-state index contributed by atoms with van der Waals surface area (Å²) in [5.74, 6) is -4.85. The number of nitrogens with zero attached hydrogens (tertiary/aromatic N) is 8. The number of amides is 8. The molecule has 0 spiro atoms. The highest BCUT2D eigenvalue weighted by Gasteiger charge is 2.65. The number of likely N-dealkylation sites (N-methyl/N-ethyl adjacent to an activating group) is 1. The normalized spacial score (nSPS) is 21.1. The summed E-state index contributed by atoms with van der Waals surface area (Å²) >= 11 is 6.98. The summed E-state index contributed by atoms with van der Waals surface area (Å²) in [6.45, 7) is 30.8. The van der Waals surface area contributed by atoms with Gasteiger partial charge < -0.3 is 77.6 Å². The van der Waals surface area contributed by atoms with Gasteiger partial charge in [-0.3, -0.25) is 34.1 Å². The largest absolute Gasteiger partial charge is 0.457 e. The van der Waals surface area contributed by atoms with E-state index in [4.69, 9.17) is 35.3 Å². The number of carbonyl (C=O) groups is 9. The predicted octanol–water partition coefficient (Wildman–Crippen LogP) is 13.4. The third-order valence-electron chi connectivity index (χ3n) is 27.9. The molecule has 8 amide bonds. The molecule has 6 N–H and O–H groups in total. The summed E-state index contributed by atoms with van der Waals surface area (Å²) in [6, 6.07) is 28.5. The number of epoxide rings is 1. The van der Waals surface area contributed by atoms with Crippen molar-refractivity contribution < 1.29 is 86.3 Å². The molecule has 0 radical (unpaired) electrons. The molecular weight excluding hydrogens is 1680 g/mol. The third-order valence-corrected chi connectivity index (χ3v) is 39.1. The van der Waals surface area contributed by atoms with E-state index in [0.29, 0.717) is 61.2 Å². The minimum absolute atomic E-state index is 0.0326. The second-order valence-electron chi connectivity index (χ2n) is 38.9. The van der Waals surface area contributed by atoms with E-state index in [1.165, 1.54) is 50.6 Å². The van der Waals surface area contributed by atoms with Gasteiger partial charge in [-0.1, -0.05) is 157 Å². The van der Waals surface area contributed by atoms with Crippen LogP contribution in [-0.2, 0) is 76.8 Å². The van der Waals surface area contributed by atoms with Gasteiger partial charge in [0.05, 0.1) is 49.4 Å². The number of esters is 1. The van der Waals surface area contributed by atoms with Gasteiger partial charge in [-0.15, -0.1) is 0 Å². The van der Waals surface area contributed by atoms with E-state index in [0.717, 1.165) is 50.0 Å². The molecule has 4 bridgehead atoms. The van der Waals surface area contributed by atoms with Crippen molar-refractivity contribution in [2.24, 2.45) is 5.92 Å². The van der Waals surface area contributed by atoms with E-state index < -0.39 is 167 Å². The number of hydrazine groups is 1. The summed E-state index contributed by atoms with van der Waals surface area (Å²) in [6.07, 6.45) is 1.76. The number of methoxy groups -OCH3 is 1. The lowest BCUT2D eigenvalue weighted by Crippen LogP contribution is -2.63. The van der Waals surface area contributed by atoms with Crippen LogP contribution in [0.2, 0.25) is 59.4 Å². The number of aliphatic hydroxyl groups is 1. The van der Waals surface area contributed by atoms with Gasteiger partial charge in [0, 0.05) is 110 Å². The number of alkyl carbamates (subject to hydrolysis) is 1. The second kappa shape index (κ2) is 41.4. The van der Waals surface area contributed by atoms with Gasteiger partial charge in [0.2, 0.25) is 35.4 Å². The third kappa shape index (κ3) is 24.7. The highest BCUT2D eigenvalue weighted by molar-refractivity contribution is 6.73. The first kappa shape index (κ1) is 101. The first-order valence-corrected chi connectivity index (χ1v) is 53.4. The predicted molar refractivity (Wildman–Crippen MR) is 496 cm³/mol. The van der Waals surface area contributed by atoms with Crippen LogP contribution in [0.3, 0.4) is 0 Å². The number of para-hydroxylation sites is 1. The molecule has 28 nitrogen and oxygen atoms in total. The van der Waals surface area contributed by atoms with E-state index in [9.17, 15) is 53.1 Å². The van der Waals surface area contributed by atoms with E-state index >= 15 is 9.59 Å². The Labute approximate surface area is 753 Å². The number of nitrogens with one attached hydrogen (secondary N) is 2. The molecule has 1 unspecified atom stereocenters. The van der Waals surface area contributed by atoms with Crippen molar-refractivity contribution in [1.82, 2.24) is 44.8 Å². The van der Waals surface area contributed by atoms with Crippen LogP contribution in [0.1, 0.15) is 167 Å². The number of benzene rings is 4. The smallest absolute Gasteiger partial charge is 0.424 e. The van der Waals surface area contributed by atoms with Crippen molar-refractivity contribution >= 4 is 107 Å². The van der Waals surface area contributed by atoms with Crippen molar-refractivity contribution in [3.63, 3.8) is 0 Å². The number of rotatable bonds is 36. The van der Waals surface area contributed by atoms with Gasteiger partial charge in [0.15, 0.2) is 30.7 Å². The number of aromatic nitrogens is 1. The Balaban J connectivity index is 0.914. The van der Waals surface area contributed by atoms with E-state index in [-0.39, 0.29) is 71.1 Å². The lowest BCUT2D eigenvalue weighted by molar-refractivity contribution is -0.162. The zero-order chi connectivity index (χ0) is 93.3. The molecule has 4 heterocycles. The topological polar surface area (TPSA) is 336 Å². The van der Waals surface area contributed by atoms with Crippen LogP contribution in [0.15, 0.2) is 115 Å². The first-order valence-electron chi connectivity index (χ1n) is 44.1. The maximum atomic E-state index is 15.4. The lowest BCUT2D eigenvalue weighted by Gasteiger charge is -2.42. The molecule has 8 atom stereocenters. The maximum absolute atomic E-state index is 15.4. The Morgan fingerprint density at radius 3 is 1.84 bits per heavy atom. The van der Waals surface area contributed by atoms with E-state index in [2.05, 4.69) is 34.9 Å². The van der Waals surface area contributed by atoms with E-state index in [1.54, 1.807) is 52.2 Å². The van der Waals surface area contributed by atoms with Crippen LogP contribution in [-0.4, -0.2) is 262 Å². The SMILES string of the molecule is CO[C@@H]1/C=C/C=C(\C)Cc2cc(C)c(Cl)c(c2)N(C)C(=O)C[C@H](OC(=O)[C@H](C)N(C)C(=O)CCN(CCCC(C)(C)[Si](C)(C)O)C(=O)CN(CCCC(C)(C)[Si](C)(C)O)C(=O)CN(CCCC(C)(C)[Si](C)(C)O)C(=O)CNC(=O)CCn2c(CN(C)N(C)C(=O)OCC3c4ccccc4-c4ccccc43)cc3ccccc32)[C@]2(C)OC2[C@H](C)[C@@H]2C[C@]1(O)NC(=O)O2. The quantitative estimate of drug-likeness (QED) is 0.00713. The maximum Gasteiger partial charge on any atom is 0.424 e. The van der Waals surface area contributed by atoms with Gasteiger partial charge >= 0.3 is 18.2 Å². The number of carbonyl (C=O) groups excluding carboxylic acids is 9. The average Bonchev–Trinajstić information content (AvgIpc) is 1.56. The number of aryl methyl sites for hydroxylation is 2. The fourth-order valence-electron chi connectivity index (χ4n) is 16.6. The molecular formula is C94H139ClN10O18Si3. The Hall–Kier alpha value is -8.61. The zero-order valence-corrected chi connectivity index (χ0v) is 82.0. The molecule has 1 aromatic heterocycles. The Bertz CT molecular complexity index is 4780. The summed E-state index contributed by atoms with van der Waals surface area (Å²) in [4.78, 5) is 173. The number of hydrogen-bond acceptors (Lipinski definition) is 19. The molecule has 1 aliphatic carbocycles. The van der Waals surface area contributed by atoms with Gasteiger partial charge in [0.1, 0.15) is 36.6 Å². The second-order valence-corrected chi connectivity index (χ2v) is 52.7. The Kier molecular flexibility index (Phi) is 33.3. The van der Waals surface area contributed by atoms with E-state index in [1.807, 2.05) is 172 Å². The van der Waals surface area contributed by atoms with Gasteiger partial charge in [0.25, 0.3) is 0 Å². The van der Waals surface area contributed by atoms with Crippen LogP contribution < -0.4 is 15.5 Å². The fourth-order valence-corrected chi connectivity index (χ4v) is 19.2. The summed E-state index contributed by atoms with van der Waals surface area (Å²) in [7, 11) is -0.513. The van der Waals surface area contributed by atoms with Crippen LogP contribution >= 0.6 is 11.6 Å². The number of anilines is 1. The Morgan fingerprint density at radius 1 is 0.730 bits per heavy atom. The summed E-state index contributed by atoms with van der Waals surface area (Å²) in [5, 5.41) is 20.4. The average molecular weight is 1820 g/mol. The standard InChI is InChI=1S/C94H139ClN10O18Si3/c1-62-33-29-40-77(119-16)94(115)56-76(121-88(113)97-94)64(3)86-93(11,123-86)78(55-81(108)100(14)75-53-66(51-62)52-63(2)85(75)95)122-87(112)65(4)99(13)80(107)42-49-102(46-30-43-90(5,6)124(17,18)116)83(110)59-104(48-32-45-92(9,10)126(21,22)118)84(111)60-103(47-31-44-91(7,8)125(19,20)117)82(109)57-96-79(106)41-50-105-68(54-67-34-23-28-39-74(67)105)58-98(12)101(15)89(114)120-61-73-71-37-26-24-35-69(71)70-36-25-27-38-72(70)73/h23-29,33-40,52-54,64-65,73,76-78,86,115-118H,30-32,41-51,55-61H2,1-22H3,(H,96,106)(H,97,113)/b40-29+,62-33+/t64-,65+,76+,77-,78+,86?,93+,94-/m1/s1. The van der Waals surface area contributed by atoms with Crippen molar-refractivity contribution in [3.8, 4) is 11.1 Å². The van der Waals surface area contributed by atoms with Crippen molar-refractivity contribution in [3.05, 3.63) is 148 Å². The lowest BCUT2D eigenvalue weighted by atomic mass is 9.83. The Morgan fingerprint density at radius 2 is 1.27 bits per heavy atom. The molecule has 4 aromatic carbocycles. The van der Waals surface area contributed by atoms with Gasteiger partial charge in [-0.25, -0.2) is 24.4 Å². The molecule has 2 saturated heterocycles. The number of hydrogen-bond donors (Lipinski definition) is 6. The minimum atomic E-state index is -2.80. The first-order chi connectivity index (χ1) is 58.7. The van der Waals surface area contributed by atoms with Crippen LogP contribution in [0, 0.1) is 12.8 Å².